The van der Waals surface area contributed by atoms with E-state index in [1.54, 1.807) is 4.90 Å². The van der Waals surface area contributed by atoms with Gasteiger partial charge in [-0.25, -0.2) is 0 Å². The Hall–Kier alpha value is -1.10. The zero-order valence-electron chi connectivity index (χ0n) is 10.9. The fourth-order valence-electron chi connectivity index (χ4n) is 2.71. The van der Waals surface area contributed by atoms with Crippen molar-refractivity contribution in [2.24, 2.45) is 5.73 Å². The van der Waals surface area contributed by atoms with E-state index in [1.165, 1.54) is 12.8 Å². The summed E-state index contributed by atoms with van der Waals surface area (Å²) in [4.78, 5) is 27.5. The van der Waals surface area contributed by atoms with E-state index >= 15 is 0 Å². The van der Waals surface area contributed by atoms with Crippen LogP contribution in [-0.4, -0.2) is 53.8 Å². The Balaban J connectivity index is 1.87. The highest BCUT2D eigenvalue weighted by Crippen LogP contribution is 2.13. The molecule has 0 aromatic rings. The third-order valence-electron chi connectivity index (χ3n) is 3.86. The third-order valence-corrected chi connectivity index (χ3v) is 3.86. The molecule has 2 rings (SSSR count). The lowest BCUT2D eigenvalue weighted by Crippen LogP contribution is -2.52. The number of piperidine rings is 1. The van der Waals surface area contributed by atoms with Gasteiger partial charge in [0.15, 0.2) is 0 Å². The molecule has 5 nitrogen and oxygen atoms in total. The molecule has 0 radical (unpaired) electrons. The van der Waals surface area contributed by atoms with E-state index in [0.29, 0.717) is 6.54 Å². The molecular formula is C13H23N3O2. The van der Waals surface area contributed by atoms with Crippen molar-refractivity contribution in [2.75, 3.05) is 26.2 Å². The number of amides is 2. The molecule has 18 heavy (non-hydrogen) atoms. The predicted molar refractivity (Wildman–Crippen MR) is 68.8 cm³/mol. The van der Waals surface area contributed by atoms with Crippen molar-refractivity contribution < 1.29 is 9.59 Å². The molecule has 2 amide bonds. The van der Waals surface area contributed by atoms with Crippen molar-refractivity contribution >= 4 is 11.8 Å². The Bertz CT molecular complexity index is 311. The summed E-state index contributed by atoms with van der Waals surface area (Å²) in [5, 5.41) is 0. The first-order chi connectivity index (χ1) is 8.68. The maximum Gasteiger partial charge on any atom is 0.242 e. The molecule has 102 valence electrons. The molecule has 0 bridgehead atoms. The van der Waals surface area contributed by atoms with Gasteiger partial charge < -0.3 is 15.5 Å². The van der Waals surface area contributed by atoms with Crippen LogP contribution in [0.25, 0.3) is 0 Å². The molecule has 2 fully saturated rings. The molecule has 0 aliphatic carbocycles. The second-order valence-corrected chi connectivity index (χ2v) is 5.30. The second-order valence-electron chi connectivity index (χ2n) is 5.30. The molecular weight excluding hydrogens is 230 g/mol. The number of nitrogens with two attached hydrogens (primary N) is 1. The van der Waals surface area contributed by atoms with Crippen LogP contribution in [0.1, 0.15) is 38.5 Å². The van der Waals surface area contributed by atoms with E-state index in [4.69, 9.17) is 5.73 Å². The van der Waals surface area contributed by atoms with Crippen LogP contribution >= 0.6 is 0 Å². The summed E-state index contributed by atoms with van der Waals surface area (Å²) < 4.78 is 0. The lowest BCUT2D eigenvalue weighted by Gasteiger charge is -2.31. The minimum Gasteiger partial charge on any atom is -0.341 e. The first-order valence-corrected chi connectivity index (χ1v) is 7.00. The largest absolute Gasteiger partial charge is 0.341 e. The van der Waals surface area contributed by atoms with Gasteiger partial charge in [0.2, 0.25) is 11.8 Å². The summed E-state index contributed by atoms with van der Waals surface area (Å²) in [6, 6.07) is -0.407. The number of carbonyl (C=O) groups is 2. The van der Waals surface area contributed by atoms with Gasteiger partial charge in [-0.15, -0.1) is 0 Å². The number of hydrogen-bond acceptors (Lipinski definition) is 3. The normalized spacial score (nSPS) is 26.1. The third kappa shape index (κ3) is 3.22. The summed E-state index contributed by atoms with van der Waals surface area (Å²) >= 11 is 0. The highest BCUT2D eigenvalue weighted by atomic mass is 16.2. The second kappa shape index (κ2) is 6.18. The van der Waals surface area contributed by atoms with E-state index in [-0.39, 0.29) is 18.4 Å². The lowest BCUT2D eigenvalue weighted by molar-refractivity contribution is -0.142. The summed E-state index contributed by atoms with van der Waals surface area (Å²) in [6.07, 6.45) is 6.22. The predicted octanol–water partition coefficient (Wildman–Crippen LogP) is 0.339. The molecule has 2 heterocycles. The van der Waals surface area contributed by atoms with Crippen molar-refractivity contribution in [2.45, 2.75) is 44.6 Å². The topological polar surface area (TPSA) is 66.6 Å². The highest BCUT2D eigenvalue weighted by molar-refractivity contribution is 5.87. The van der Waals surface area contributed by atoms with Gasteiger partial charge in [0.25, 0.3) is 0 Å². The molecule has 0 unspecified atom stereocenters. The van der Waals surface area contributed by atoms with Crippen LogP contribution in [0, 0.1) is 0 Å². The van der Waals surface area contributed by atoms with Crippen LogP contribution in [0.15, 0.2) is 0 Å². The van der Waals surface area contributed by atoms with Crippen molar-refractivity contribution in [3.63, 3.8) is 0 Å². The van der Waals surface area contributed by atoms with Crippen molar-refractivity contribution in [1.82, 2.24) is 9.80 Å². The molecule has 2 saturated heterocycles. The Morgan fingerprint density at radius 2 is 1.78 bits per heavy atom. The van der Waals surface area contributed by atoms with Crippen LogP contribution in [-0.2, 0) is 9.59 Å². The van der Waals surface area contributed by atoms with Crippen LogP contribution in [0.5, 0.6) is 0 Å². The van der Waals surface area contributed by atoms with Crippen LogP contribution < -0.4 is 5.73 Å². The Morgan fingerprint density at radius 1 is 1.11 bits per heavy atom. The summed E-state index contributed by atoms with van der Waals surface area (Å²) in [5.41, 5.74) is 5.73. The number of hydrogen-bond donors (Lipinski definition) is 1. The van der Waals surface area contributed by atoms with Gasteiger partial charge >= 0.3 is 0 Å². The minimum atomic E-state index is -0.407. The van der Waals surface area contributed by atoms with Gasteiger partial charge in [0.1, 0.15) is 0 Å². The van der Waals surface area contributed by atoms with E-state index in [1.807, 2.05) is 4.90 Å². The maximum atomic E-state index is 12.2. The quantitative estimate of drug-likeness (QED) is 0.771. The van der Waals surface area contributed by atoms with Crippen LogP contribution in [0.3, 0.4) is 0 Å². The number of rotatable bonds is 2. The van der Waals surface area contributed by atoms with E-state index in [0.717, 1.165) is 38.8 Å². The van der Waals surface area contributed by atoms with Gasteiger partial charge in [0, 0.05) is 19.6 Å². The van der Waals surface area contributed by atoms with Gasteiger partial charge in [-0.05, 0) is 25.7 Å². The van der Waals surface area contributed by atoms with E-state index < -0.39 is 6.04 Å². The molecule has 0 aromatic heterocycles. The van der Waals surface area contributed by atoms with Gasteiger partial charge in [0.05, 0.1) is 12.6 Å². The van der Waals surface area contributed by atoms with Crippen molar-refractivity contribution in [3.8, 4) is 0 Å². The number of carbonyl (C=O) groups excluding carboxylic acids is 2. The molecule has 2 N–H and O–H groups in total. The summed E-state index contributed by atoms with van der Waals surface area (Å²) in [6.45, 7) is 2.57. The first-order valence-electron chi connectivity index (χ1n) is 7.00. The smallest absolute Gasteiger partial charge is 0.242 e. The highest BCUT2D eigenvalue weighted by Gasteiger charge is 2.28. The molecule has 1 atom stereocenters. The van der Waals surface area contributed by atoms with Crippen LogP contribution in [0.2, 0.25) is 0 Å². The fourth-order valence-corrected chi connectivity index (χ4v) is 2.71. The lowest BCUT2D eigenvalue weighted by atomic mass is 10.1. The Labute approximate surface area is 108 Å². The minimum absolute atomic E-state index is 0.0654. The van der Waals surface area contributed by atoms with Crippen molar-refractivity contribution in [3.05, 3.63) is 0 Å². The fraction of sp³-hybridized carbons (Fsp3) is 0.846. The standard InChI is InChI=1S/C13H23N3O2/c14-11-6-5-9-16(13(11)18)10-12(17)15-7-3-1-2-4-8-15/h11H,1-10,14H2/t11-/m0/s1. The maximum absolute atomic E-state index is 12.2. The molecule has 0 saturated carbocycles. The zero-order chi connectivity index (χ0) is 13.0. The average molecular weight is 253 g/mol. The molecule has 2 aliphatic heterocycles. The number of likely N-dealkylation sites (tertiary alicyclic amines) is 2. The van der Waals surface area contributed by atoms with Gasteiger partial charge in [-0.1, -0.05) is 12.8 Å². The Kier molecular flexibility index (Phi) is 4.58. The SMILES string of the molecule is N[C@H]1CCCN(CC(=O)N2CCCCCC2)C1=O. The number of nitrogens with zero attached hydrogens (tertiary/aromatic N) is 2. The van der Waals surface area contributed by atoms with Crippen molar-refractivity contribution in [1.29, 1.82) is 0 Å². The van der Waals surface area contributed by atoms with Gasteiger partial charge in [-0.3, -0.25) is 9.59 Å². The summed E-state index contributed by atoms with van der Waals surface area (Å²) in [5.74, 6) is 0.0174. The van der Waals surface area contributed by atoms with E-state index in [9.17, 15) is 9.59 Å². The monoisotopic (exact) mass is 253 g/mol. The zero-order valence-corrected chi connectivity index (χ0v) is 10.9. The molecule has 2 aliphatic rings. The Morgan fingerprint density at radius 3 is 2.44 bits per heavy atom. The average Bonchev–Trinajstić information content (AvgIpc) is 2.63. The molecule has 5 heteroatoms. The molecule has 0 aromatic carbocycles. The van der Waals surface area contributed by atoms with E-state index in [2.05, 4.69) is 0 Å². The summed E-state index contributed by atoms with van der Waals surface area (Å²) in [7, 11) is 0. The van der Waals surface area contributed by atoms with Crippen LogP contribution in [0.4, 0.5) is 0 Å². The molecule has 0 spiro atoms. The van der Waals surface area contributed by atoms with Gasteiger partial charge in [-0.2, -0.15) is 0 Å². The first kappa shape index (κ1) is 13.3.